The van der Waals surface area contributed by atoms with Crippen LogP contribution in [0.1, 0.15) is 34.6 Å². The zero-order chi connectivity index (χ0) is 14.1. The molecule has 1 N–H and O–H groups in total. The second kappa shape index (κ2) is 9.15. The summed E-state index contributed by atoms with van der Waals surface area (Å²) in [5.41, 5.74) is -0.596. The van der Waals surface area contributed by atoms with E-state index in [1.807, 2.05) is 13.8 Å². The van der Waals surface area contributed by atoms with Gasteiger partial charge in [-0.1, -0.05) is 13.8 Å². The van der Waals surface area contributed by atoms with E-state index < -0.39 is 23.7 Å². The fourth-order valence-corrected chi connectivity index (χ4v) is 1.01. The third-order valence-electron chi connectivity index (χ3n) is 1.36. The van der Waals surface area contributed by atoms with Crippen molar-refractivity contribution in [2.24, 2.45) is 0 Å². The Labute approximate surface area is 109 Å². The van der Waals surface area contributed by atoms with E-state index in [-0.39, 0.29) is 5.75 Å². The minimum Gasteiger partial charge on any atom is -0.467 e. The smallest absolute Gasteiger partial charge is 0.408 e. The highest BCUT2D eigenvalue weighted by molar-refractivity contribution is 7.80. The molecule has 0 heterocycles. The van der Waals surface area contributed by atoms with E-state index in [0.717, 1.165) is 0 Å². The number of nitrogens with one attached hydrogen (secondary N) is 1. The van der Waals surface area contributed by atoms with Crippen molar-refractivity contribution in [3.8, 4) is 0 Å². The fraction of sp³-hybridized carbons (Fsp3) is 0.818. The molecule has 0 spiro atoms. The molecule has 0 aliphatic carbocycles. The number of rotatable bonds is 3. The number of hydrogen-bond acceptors (Lipinski definition) is 5. The van der Waals surface area contributed by atoms with Gasteiger partial charge in [0, 0.05) is 5.75 Å². The van der Waals surface area contributed by atoms with Gasteiger partial charge in [0.05, 0.1) is 7.11 Å². The molecule has 0 bridgehead atoms. The molecular formula is C11H23NO4S. The monoisotopic (exact) mass is 265 g/mol. The first kappa shape index (κ1) is 18.5. The van der Waals surface area contributed by atoms with Crippen LogP contribution in [-0.4, -0.2) is 36.6 Å². The minimum atomic E-state index is -0.784. The number of methoxy groups -OCH3 is 1. The van der Waals surface area contributed by atoms with Crippen LogP contribution in [0, 0.1) is 0 Å². The molecule has 0 saturated carbocycles. The lowest BCUT2D eigenvalue weighted by Gasteiger charge is -2.21. The van der Waals surface area contributed by atoms with Crippen molar-refractivity contribution < 1.29 is 19.1 Å². The quantitative estimate of drug-likeness (QED) is 0.605. The molecule has 0 fully saturated rings. The summed E-state index contributed by atoms with van der Waals surface area (Å²) in [4.78, 5) is 22.4. The lowest BCUT2D eigenvalue weighted by molar-refractivity contribution is -0.142. The van der Waals surface area contributed by atoms with Crippen molar-refractivity contribution >= 4 is 24.7 Å². The van der Waals surface area contributed by atoms with E-state index >= 15 is 0 Å². The van der Waals surface area contributed by atoms with Gasteiger partial charge in [-0.2, -0.15) is 12.6 Å². The van der Waals surface area contributed by atoms with Crippen molar-refractivity contribution in [1.29, 1.82) is 0 Å². The molecule has 0 saturated heterocycles. The molecule has 1 atom stereocenters. The summed E-state index contributed by atoms with van der Waals surface area (Å²) in [5.74, 6) is -0.387. The van der Waals surface area contributed by atoms with Gasteiger partial charge in [0.2, 0.25) is 0 Å². The standard InChI is InChI=1S/C9H17NO4S.C2H6/c1-9(2,3)14-8(12)10-6(5-15)7(11)13-4;1-2/h6,15H,5H2,1-4H3,(H,10,12);1-2H3. The van der Waals surface area contributed by atoms with Gasteiger partial charge in [-0.25, -0.2) is 9.59 Å². The molecule has 17 heavy (non-hydrogen) atoms. The van der Waals surface area contributed by atoms with E-state index in [0.29, 0.717) is 0 Å². The summed E-state index contributed by atoms with van der Waals surface area (Å²) in [7, 11) is 1.25. The molecule has 0 rings (SSSR count). The van der Waals surface area contributed by atoms with Crippen LogP contribution in [0.2, 0.25) is 0 Å². The summed E-state index contributed by atoms with van der Waals surface area (Å²) in [6.07, 6.45) is -0.660. The number of esters is 1. The van der Waals surface area contributed by atoms with Gasteiger partial charge in [0.1, 0.15) is 11.6 Å². The first-order valence-electron chi connectivity index (χ1n) is 5.48. The normalized spacial score (nSPS) is 11.7. The highest BCUT2D eigenvalue weighted by Crippen LogP contribution is 2.07. The molecule has 0 aromatic heterocycles. The van der Waals surface area contributed by atoms with Crippen LogP contribution in [0.25, 0.3) is 0 Å². The average molecular weight is 265 g/mol. The van der Waals surface area contributed by atoms with Crippen LogP contribution in [0.5, 0.6) is 0 Å². The Kier molecular flexibility index (Phi) is 9.94. The van der Waals surface area contributed by atoms with Crippen molar-refractivity contribution in [1.82, 2.24) is 5.32 Å². The number of amides is 1. The van der Waals surface area contributed by atoms with E-state index in [1.165, 1.54) is 7.11 Å². The number of alkyl carbamates (subject to hydrolysis) is 1. The van der Waals surface area contributed by atoms with Crippen molar-refractivity contribution in [2.75, 3.05) is 12.9 Å². The zero-order valence-corrected chi connectivity index (χ0v) is 12.3. The van der Waals surface area contributed by atoms with Crippen molar-refractivity contribution in [3.63, 3.8) is 0 Å². The Morgan fingerprint density at radius 1 is 1.29 bits per heavy atom. The second-order valence-corrected chi connectivity index (χ2v) is 4.27. The minimum absolute atomic E-state index is 0.159. The predicted molar refractivity (Wildman–Crippen MR) is 70.4 cm³/mol. The summed E-state index contributed by atoms with van der Waals surface area (Å²) >= 11 is 3.92. The van der Waals surface area contributed by atoms with E-state index in [9.17, 15) is 9.59 Å². The largest absolute Gasteiger partial charge is 0.467 e. The lowest BCUT2D eigenvalue weighted by Crippen LogP contribution is -2.45. The van der Waals surface area contributed by atoms with Crippen LogP contribution in [-0.2, 0) is 14.3 Å². The first-order valence-corrected chi connectivity index (χ1v) is 6.11. The Bertz CT molecular complexity index is 238. The van der Waals surface area contributed by atoms with Crippen LogP contribution in [0.15, 0.2) is 0 Å². The van der Waals surface area contributed by atoms with Crippen LogP contribution in [0.3, 0.4) is 0 Å². The molecular weight excluding hydrogens is 242 g/mol. The van der Waals surface area contributed by atoms with E-state index in [4.69, 9.17) is 4.74 Å². The zero-order valence-electron chi connectivity index (χ0n) is 11.4. The van der Waals surface area contributed by atoms with Gasteiger partial charge < -0.3 is 14.8 Å². The molecule has 6 heteroatoms. The third kappa shape index (κ3) is 9.99. The van der Waals surface area contributed by atoms with Crippen LogP contribution in [0.4, 0.5) is 4.79 Å². The van der Waals surface area contributed by atoms with Gasteiger partial charge in [0.15, 0.2) is 0 Å². The highest BCUT2D eigenvalue weighted by Gasteiger charge is 2.23. The summed E-state index contributed by atoms with van der Waals surface area (Å²) in [6, 6.07) is -0.784. The lowest BCUT2D eigenvalue weighted by atomic mass is 10.2. The topological polar surface area (TPSA) is 64.6 Å². The summed E-state index contributed by atoms with van der Waals surface area (Å²) < 4.78 is 9.45. The number of carbonyl (C=O) groups is 2. The van der Waals surface area contributed by atoms with Gasteiger partial charge in [-0.05, 0) is 20.8 Å². The average Bonchev–Trinajstić information content (AvgIpc) is 2.25. The number of hydrogen-bond donors (Lipinski definition) is 2. The first-order chi connectivity index (χ1) is 7.80. The molecule has 5 nitrogen and oxygen atoms in total. The Balaban J connectivity index is 0. The maximum absolute atomic E-state index is 11.3. The summed E-state index contributed by atoms with van der Waals surface area (Å²) in [5, 5.41) is 2.36. The number of carbonyl (C=O) groups excluding carboxylic acids is 2. The molecule has 0 aromatic carbocycles. The van der Waals surface area contributed by atoms with Crippen molar-refractivity contribution in [3.05, 3.63) is 0 Å². The maximum atomic E-state index is 11.3. The molecule has 1 unspecified atom stereocenters. The van der Waals surface area contributed by atoms with Crippen molar-refractivity contribution in [2.45, 2.75) is 46.3 Å². The molecule has 0 aliphatic rings. The number of ether oxygens (including phenoxy) is 2. The molecule has 0 radical (unpaired) electrons. The SMILES string of the molecule is CC.COC(=O)C(CS)NC(=O)OC(C)(C)C. The Hall–Kier alpha value is -0.910. The van der Waals surface area contributed by atoms with E-state index in [1.54, 1.807) is 20.8 Å². The summed E-state index contributed by atoms with van der Waals surface area (Å²) in [6.45, 7) is 9.21. The predicted octanol–water partition coefficient (Wildman–Crippen LogP) is 2.01. The van der Waals surface area contributed by atoms with Crippen LogP contribution >= 0.6 is 12.6 Å². The number of thiol groups is 1. The van der Waals surface area contributed by atoms with Gasteiger partial charge in [-0.3, -0.25) is 0 Å². The Morgan fingerprint density at radius 3 is 2.06 bits per heavy atom. The second-order valence-electron chi connectivity index (χ2n) is 3.90. The maximum Gasteiger partial charge on any atom is 0.408 e. The molecule has 1 amide bonds. The Morgan fingerprint density at radius 2 is 1.76 bits per heavy atom. The van der Waals surface area contributed by atoms with Gasteiger partial charge in [-0.15, -0.1) is 0 Å². The van der Waals surface area contributed by atoms with Gasteiger partial charge >= 0.3 is 12.1 Å². The highest BCUT2D eigenvalue weighted by atomic mass is 32.1. The van der Waals surface area contributed by atoms with Gasteiger partial charge in [0.25, 0.3) is 0 Å². The fourth-order valence-electron chi connectivity index (χ4n) is 0.771. The molecule has 102 valence electrons. The molecule has 0 aromatic rings. The van der Waals surface area contributed by atoms with E-state index in [2.05, 4.69) is 22.7 Å². The molecule has 0 aliphatic heterocycles. The third-order valence-corrected chi connectivity index (χ3v) is 1.72. The van der Waals surface area contributed by atoms with Crippen LogP contribution < -0.4 is 5.32 Å².